The second kappa shape index (κ2) is 6.80. The molecule has 1 aromatic heterocycles. The van der Waals surface area contributed by atoms with Gasteiger partial charge in [-0.3, -0.25) is 9.59 Å². The van der Waals surface area contributed by atoms with Gasteiger partial charge in [-0.1, -0.05) is 11.6 Å². The maximum Gasteiger partial charge on any atom is 0.265 e. The van der Waals surface area contributed by atoms with Crippen molar-refractivity contribution in [3.8, 4) is 0 Å². The van der Waals surface area contributed by atoms with Crippen molar-refractivity contribution in [2.24, 2.45) is 11.3 Å². The van der Waals surface area contributed by atoms with Crippen molar-refractivity contribution in [2.75, 3.05) is 26.2 Å². The number of hydrogen-bond acceptors (Lipinski definition) is 4. The lowest BCUT2D eigenvalue weighted by Crippen LogP contribution is -2.49. The molecule has 0 aromatic carbocycles. The molecule has 2 saturated heterocycles. The van der Waals surface area contributed by atoms with Crippen molar-refractivity contribution in [3.63, 3.8) is 0 Å². The van der Waals surface area contributed by atoms with E-state index >= 15 is 0 Å². The highest BCUT2D eigenvalue weighted by atomic mass is 35.5. The number of thiophene rings is 1. The Morgan fingerprint density at radius 2 is 1.85 bits per heavy atom. The van der Waals surface area contributed by atoms with E-state index in [2.05, 4.69) is 0 Å². The molecule has 0 N–H and O–H groups in total. The van der Waals surface area contributed by atoms with Gasteiger partial charge in [0.05, 0.1) is 17.2 Å². The molecule has 2 amide bonds. The molecule has 142 valence electrons. The van der Waals surface area contributed by atoms with Crippen LogP contribution in [0.3, 0.4) is 0 Å². The first-order valence-corrected chi connectivity index (χ1v) is 10.6. The summed E-state index contributed by atoms with van der Waals surface area (Å²) in [5, 5.41) is 2.39. The minimum atomic E-state index is 0.0270. The third-order valence-electron chi connectivity index (χ3n) is 6.08. The molecule has 1 aliphatic carbocycles. The van der Waals surface area contributed by atoms with Gasteiger partial charge in [-0.25, -0.2) is 0 Å². The van der Waals surface area contributed by atoms with Crippen LogP contribution in [-0.4, -0.2) is 60.0 Å². The van der Waals surface area contributed by atoms with Gasteiger partial charge in [0.25, 0.3) is 5.91 Å². The van der Waals surface area contributed by atoms with Gasteiger partial charge < -0.3 is 14.5 Å². The largest absolute Gasteiger partial charge is 0.372 e. The van der Waals surface area contributed by atoms with E-state index in [9.17, 15) is 9.59 Å². The molecule has 1 unspecified atom stereocenters. The van der Waals surface area contributed by atoms with Crippen molar-refractivity contribution in [1.82, 2.24) is 9.80 Å². The number of ether oxygens (including phenoxy) is 1. The molecule has 1 aromatic rings. The van der Waals surface area contributed by atoms with Gasteiger partial charge in [-0.05, 0) is 50.0 Å². The number of carbonyl (C=O) groups excluding carboxylic acids is 2. The summed E-state index contributed by atoms with van der Waals surface area (Å²) >= 11 is 7.49. The van der Waals surface area contributed by atoms with Gasteiger partial charge in [0, 0.05) is 32.1 Å². The van der Waals surface area contributed by atoms with E-state index in [1.165, 1.54) is 11.3 Å². The lowest BCUT2D eigenvalue weighted by atomic mass is 9.90. The SMILES string of the molecule is C[C@@H]1CN(C(=O)C2CC23CCN(C(=O)c2sccc2Cl)CC3)C[C@H](C)O1. The number of piperidine rings is 1. The Bertz CT molecular complexity index is 703. The molecule has 1 saturated carbocycles. The second-order valence-electron chi connectivity index (χ2n) is 8.01. The molecule has 2 aliphatic heterocycles. The maximum absolute atomic E-state index is 12.9. The lowest BCUT2D eigenvalue weighted by molar-refractivity contribution is -0.145. The third kappa shape index (κ3) is 3.27. The zero-order valence-corrected chi connectivity index (χ0v) is 16.8. The molecule has 3 atom stereocenters. The Kier molecular flexibility index (Phi) is 4.78. The molecule has 7 heteroatoms. The smallest absolute Gasteiger partial charge is 0.265 e. The highest BCUT2D eigenvalue weighted by molar-refractivity contribution is 7.12. The minimum Gasteiger partial charge on any atom is -0.372 e. The first-order chi connectivity index (χ1) is 12.4. The van der Waals surface area contributed by atoms with Crippen LogP contribution in [0.4, 0.5) is 0 Å². The quantitative estimate of drug-likeness (QED) is 0.770. The first kappa shape index (κ1) is 18.3. The van der Waals surface area contributed by atoms with Crippen LogP contribution in [0.2, 0.25) is 5.02 Å². The van der Waals surface area contributed by atoms with Crippen molar-refractivity contribution >= 4 is 34.8 Å². The summed E-state index contributed by atoms with van der Waals surface area (Å²) in [5.41, 5.74) is 0.109. The van der Waals surface area contributed by atoms with Gasteiger partial charge in [0.15, 0.2) is 0 Å². The fourth-order valence-corrected chi connectivity index (χ4v) is 5.68. The molecule has 1 spiro atoms. The average molecular weight is 397 g/mol. The van der Waals surface area contributed by atoms with E-state index < -0.39 is 0 Å². The van der Waals surface area contributed by atoms with Crippen LogP contribution in [0.1, 0.15) is 42.8 Å². The van der Waals surface area contributed by atoms with E-state index in [0.29, 0.717) is 36.1 Å². The molecule has 0 radical (unpaired) electrons. The summed E-state index contributed by atoms with van der Waals surface area (Å²) < 4.78 is 5.74. The van der Waals surface area contributed by atoms with Crippen LogP contribution in [-0.2, 0) is 9.53 Å². The van der Waals surface area contributed by atoms with Crippen LogP contribution >= 0.6 is 22.9 Å². The fourth-order valence-electron chi connectivity index (χ4n) is 4.57. The molecule has 0 bridgehead atoms. The Labute approximate surface area is 163 Å². The zero-order chi connectivity index (χ0) is 18.5. The highest BCUT2D eigenvalue weighted by Crippen LogP contribution is 2.60. The summed E-state index contributed by atoms with van der Waals surface area (Å²) in [4.78, 5) is 30.1. The maximum atomic E-state index is 12.9. The van der Waals surface area contributed by atoms with Crippen molar-refractivity contribution in [1.29, 1.82) is 0 Å². The minimum absolute atomic E-state index is 0.0270. The van der Waals surface area contributed by atoms with E-state index in [1.807, 2.05) is 29.0 Å². The lowest BCUT2D eigenvalue weighted by Gasteiger charge is -2.37. The van der Waals surface area contributed by atoms with Gasteiger partial charge in [0.1, 0.15) is 4.88 Å². The van der Waals surface area contributed by atoms with Crippen molar-refractivity contribution in [3.05, 3.63) is 21.3 Å². The van der Waals surface area contributed by atoms with E-state index in [1.54, 1.807) is 6.07 Å². The van der Waals surface area contributed by atoms with Crippen LogP contribution < -0.4 is 0 Å². The predicted octanol–water partition coefficient (Wildman–Crippen LogP) is 3.28. The summed E-state index contributed by atoms with van der Waals surface area (Å²) in [6, 6.07) is 1.77. The molecular formula is C19H25ClN2O3S. The normalized spacial score (nSPS) is 30.5. The zero-order valence-electron chi connectivity index (χ0n) is 15.2. The van der Waals surface area contributed by atoms with E-state index in [0.717, 1.165) is 19.3 Å². The summed E-state index contributed by atoms with van der Waals surface area (Å²) in [6.07, 6.45) is 2.99. The topological polar surface area (TPSA) is 49.9 Å². The molecule has 3 aliphatic rings. The van der Waals surface area contributed by atoms with Crippen molar-refractivity contribution < 1.29 is 14.3 Å². The molecule has 3 heterocycles. The number of rotatable bonds is 2. The van der Waals surface area contributed by atoms with Gasteiger partial charge in [-0.15, -0.1) is 11.3 Å². The number of likely N-dealkylation sites (tertiary alicyclic amines) is 1. The van der Waals surface area contributed by atoms with Gasteiger partial charge >= 0.3 is 0 Å². The summed E-state index contributed by atoms with van der Waals surface area (Å²) in [5.74, 6) is 0.440. The Hall–Kier alpha value is -1.11. The number of amides is 2. The molecule has 26 heavy (non-hydrogen) atoms. The second-order valence-corrected chi connectivity index (χ2v) is 9.33. The summed E-state index contributed by atoms with van der Waals surface area (Å²) in [7, 11) is 0. The average Bonchev–Trinajstić information content (AvgIpc) is 3.12. The Morgan fingerprint density at radius 1 is 1.19 bits per heavy atom. The highest BCUT2D eigenvalue weighted by Gasteiger charge is 2.59. The Morgan fingerprint density at radius 3 is 2.42 bits per heavy atom. The molecule has 5 nitrogen and oxygen atoms in total. The van der Waals surface area contributed by atoms with Crippen LogP contribution in [0.25, 0.3) is 0 Å². The molecule has 4 rings (SSSR count). The number of hydrogen-bond donors (Lipinski definition) is 0. The number of carbonyl (C=O) groups is 2. The van der Waals surface area contributed by atoms with Crippen LogP contribution in [0, 0.1) is 11.3 Å². The van der Waals surface area contributed by atoms with Gasteiger partial charge in [-0.2, -0.15) is 0 Å². The first-order valence-electron chi connectivity index (χ1n) is 9.36. The van der Waals surface area contributed by atoms with E-state index in [4.69, 9.17) is 16.3 Å². The summed E-state index contributed by atoms with van der Waals surface area (Å²) in [6.45, 7) is 6.87. The Balaban J connectivity index is 1.35. The predicted molar refractivity (Wildman–Crippen MR) is 102 cm³/mol. The fraction of sp³-hybridized carbons (Fsp3) is 0.684. The number of morpholine rings is 1. The van der Waals surface area contributed by atoms with E-state index in [-0.39, 0.29) is 35.4 Å². The standard InChI is InChI=1S/C19H25ClN2O3S/c1-12-10-22(11-13(2)25-12)17(23)14-9-19(14)4-6-21(7-5-19)18(24)16-15(20)3-8-26-16/h3,8,12-14H,4-7,9-11H2,1-2H3/t12-,13+,14?. The monoisotopic (exact) mass is 396 g/mol. The van der Waals surface area contributed by atoms with Crippen LogP contribution in [0.5, 0.6) is 0 Å². The number of nitrogens with zero attached hydrogens (tertiary/aromatic N) is 2. The van der Waals surface area contributed by atoms with Crippen LogP contribution in [0.15, 0.2) is 11.4 Å². The third-order valence-corrected chi connectivity index (χ3v) is 7.41. The molecule has 3 fully saturated rings. The van der Waals surface area contributed by atoms with Crippen molar-refractivity contribution in [2.45, 2.75) is 45.3 Å². The van der Waals surface area contributed by atoms with Gasteiger partial charge in [0.2, 0.25) is 5.91 Å². The molecular weight excluding hydrogens is 372 g/mol. The number of halogens is 1.